The second-order valence-electron chi connectivity index (χ2n) is 5.02. The maximum Gasteiger partial charge on any atom is 0.407 e. The number of alkyl carbamates (subject to hydrolysis) is 1. The highest BCUT2D eigenvalue weighted by Gasteiger charge is 2.22. The summed E-state index contributed by atoms with van der Waals surface area (Å²) in [7, 11) is 0. The third-order valence-electron chi connectivity index (χ3n) is 3.22. The summed E-state index contributed by atoms with van der Waals surface area (Å²) < 4.78 is 19.8. The van der Waals surface area contributed by atoms with Crippen molar-refractivity contribution in [2.45, 2.75) is 19.1 Å². The second kappa shape index (κ2) is 8.62. The molecule has 2 N–H and O–H groups in total. The number of halogens is 2. The maximum absolute atomic E-state index is 14.0. The quantitative estimate of drug-likeness (QED) is 0.665. The zero-order chi connectivity index (χ0) is 17.5. The highest BCUT2D eigenvalue weighted by Crippen LogP contribution is 2.23. The standard InChI is InChI=1S/C17H15FINO4/c18-14-7-6-12(19)8-13(14)15(9-16(21)22)20-17(23)24-10-11-4-2-1-3-5-11/h1-8,15H,9-10H2,(H,20,23)(H,21,22). The first-order chi connectivity index (χ1) is 11.5. The first-order valence-electron chi connectivity index (χ1n) is 7.09. The molecule has 5 nitrogen and oxygen atoms in total. The van der Waals surface area contributed by atoms with Gasteiger partial charge in [0.25, 0.3) is 0 Å². The fourth-order valence-electron chi connectivity index (χ4n) is 2.10. The summed E-state index contributed by atoms with van der Waals surface area (Å²) in [5, 5.41) is 11.4. The molecule has 0 radical (unpaired) electrons. The Kier molecular flexibility index (Phi) is 6.53. The number of aliphatic carboxylic acids is 1. The van der Waals surface area contributed by atoms with Crippen molar-refractivity contribution in [2.24, 2.45) is 0 Å². The zero-order valence-corrected chi connectivity index (χ0v) is 14.7. The number of carbonyl (C=O) groups is 2. The fourth-order valence-corrected chi connectivity index (χ4v) is 2.62. The molecule has 0 fully saturated rings. The number of benzene rings is 2. The average molecular weight is 443 g/mol. The lowest BCUT2D eigenvalue weighted by molar-refractivity contribution is -0.137. The summed E-state index contributed by atoms with van der Waals surface area (Å²) in [6.45, 7) is 0.0429. The van der Waals surface area contributed by atoms with E-state index in [0.29, 0.717) is 0 Å². The second-order valence-corrected chi connectivity index (χ2v) is 6.27. The largest absolute Gasteiger partial charge is 0.481 e. The lowest BCUT2D eigenvalue weighted by Crippen LogP contribution is -2.31. The number of carbonyl (C=O) groups excluding carboxylic acids is 1. The van der Waals surface area contributed by atoms with Crippen molar-refractivity contribution in [1.29, 1.82) is 0 Å². The van der Waals surface area contributed by atoms with Gasteiger partial charge in [-0.1, -0.05) is 30.3 Å². The lowest BCUT2D eigenvalue weighted by atomic mass is 10.0. The average Bonchev–Trinajstić information content (AvgIpc) is 2.55. The molecular weight excluding hydrogens is 428 g/mol. The minimum absolute atomic E-state index is 0.0429. The van der Waals surface area contributed by atoms with E-state index < -0.39 is 30.3 Å². The predicted octanol–water partition coefficient (Wildman–Crippen LogP) is 3.87. The lowest BCUT2D eigenvalue weighted by Gasteiger charge is -2.18. The summed E-state index contributed by atoms with van der Waals surface area (Å²) in [6, 6.07) is 12.3. The van der Waals surface area contributed by atoms with Crippen molar-refractivity contribution < 1.29 is 23.8 Å². The maximum atomic E-state index is 14.0. The molecule has 0 saturated heterocycles. The van der Waals surface area contributed by atoms with Gasteiger partial charge in [0.15, 0.2) is 0 Å². The molecular formula is C17H15FINO4. The first kappa shape index (κ1) is 18.2. The van der Waals surface area contributed by atoms with Gasteiger partial charge in [-0.15, -0.1) is 0 Å². The van der Waals surface area contributed by atoms with Gasteiger partial charge in [0.1, 0.15) is 12.4 Å². The molecule has 2 aromatic carbocycles. The Morgan fingerprint density at radius 3 is 2.58 bits per heavy atom. The van der Waals surface area contributed by atoms with E-state index in [0.717, 1.165) is 9.13 Å². The van der Waals surface area contributed by atoms with E-state index in [9.17, 15) is 14.0 Å². The van der Waals surface area contributed by atoms with Crippen LogP contribution in [0.15, 0.2) is 48.5 Å². The van der Waals surface area contributed by atoms with Crippen LogP contribution in [0.1, 0.15) is 23.6 Å². The third kappa shape index (κ3) is 5.48. The molecule has 2 rings (SSSR count). The van der Waals surface area contributed by atoms with E-state index in [-0.39, 0.29) is 12.2 Å². The van der Waals surface area contributed by atoms with E-state index in [2.05, 4.69) is 5.32 Å². The van der Waals surface area contributed by atoms with Crippen molar-refractivity contribution in [2.75, 3.05) is 0 Å². The van der Waals surface area contributed by atoms with Crippen LogP contribution in [0.25, 0.3) is 0 Å². The Morgan fingerprint density at radius 2 is 1.92 bits per heavy atom. The van der Waals surface area contributed by atoms with Crippen molar-refractivity contribution in [3.05, 3.63) is 69.0 Å². The molecule has 1 amide bonds. The van der Waals surface area contributed by atoms with Gasteiger partial charge in [0.05, 0.1) is 12.5 Å². The van der Waals surface area contributed by atoms with Gasteiger partial charge >= 0.3 is 12.1 Å². The molecule has 0 spiro atoms. The Labute approximate surface area is 152 Å². The van der Waals surface area contributed by atoms with Crippen LogP contribution in [0.3, 0.4) is 0 Å². The molecule has 0 bridgehead atoms. The number of nitrogens with one attached hydrogen (secondary N) is 1. The number of rotatable bonds is 6. The molecule has 0 aromatic heterocycles. The molecule has 0 saturated carbocycles. The molecule has 7 heteroatoms. The van der Waals surface area contributed by atoms with Crippen LogP contribution in [0.5, 0.6) is 0 Å². The van der Waals surface area contributed by atoms with Crippen molar-refractivity contribution in [3.8, 4) is 0 Å². The van der Waals surface area contributed by atoms with Crippen LogP contribution in [-0.4, -0.2) is 17.2 Å². The summed E-state index contributed by atoms with van der Waals surface area (Å²) in [6.07, 6.45) is -1.25. The van der Waals surface area contributed by atoms with Crippen LogP contribution < -0.4 is 5.32 Å². The Balaban J connectivity index is 2.06. The fraction of sp³-hybridized carbons (Fsp3) is 0.176. The van der Waals surface area contributed by atoms with Gasteiger partial charge in [-0.25, -0.2) is 9.18 Å². The molecule has 0 aliphatic heterocycles. The highest BCUT2D eigenvalue weighted by molar-refractivity contribution is 14.1. The molecule has 2 aromatic rings. The zero-order valence-electron chi connectivity index (χ0n) is 12.5. The molecule has 1 atom stereocenters. The summed E-state index contributed by atoms with van der Waals surface area (Å²) in [5.74, 6) is -1.73. The highest BCUT2D eigenvalue weighted by atomic mass is 127. The number of hydrogen-bond acceptors (Lipinski definition) is 3. The topological polar surface area (TPSA) is 75.6 Å². The molecule has 0 heterocycles. The molecule has 0 aliphatic rings. The normalized spacial score (nSPS) is 11.6. The van der Waals surface area contributed by atoms with Gasteiger partial charge in [-0.2, -0.15) is 0 Å². The minimum atomic E-state index is -1.15. The van der Waals surface area contributed by atoms with Crippen LogP contribution in [0, 0.1) is 9.39 Å². The Bertz CT molecular complexity index is 724. The number of hydrogen-bond donors (Lipinski definition) is 2. The minimum Gasteiger partial charge on any atom is -0.481 e. The Hall–Kier alpha value is -2.16. The van der Waals surface area contributed by atoms with Gasteiger partial charge in [-0.05, 0) is 46.4 Å². The van der Waals surface area contributed by atoms with Gasteiger partial charge < -0.3 is 15.2 Å². The SMILES string of the molecule is O=C(O)CC(NC(=O)OCc1ccccc1)c1cc(I)ccc1F. The van der Waals surface area contributed by atoms with Gasteiger partial charge in [-0.3, -0.25) is 4.79 Å². The number of amides is 1. The molecule has 126 valence electrons. The third-order valence-corrected chi connectivity index (χ3v) is 3.89. The van der Waals surface area contributed by atoms with Crippen molar-refractivity contribution >= 4 is 34.7 Å². The van der Waals surface area contributed by atoms with E-state index in [4.69, 9.17) is 9.84 Å². The van der Waals surface area contributed by atoms with Gasteiger partial charge in [0.2, 0.25) is 0 Å². The number of ether oxygens (including phenoxy) is 1. The van der Waals surface area contributed by atoms with Crippen molar-refractivity contribution in [3.63, 3.8) is 0 Å². The van der Waals surface area contributed by atoms with E-state index in [1.54, 1.807) is 18.2 Å². The van der Waals surface area contributed by atoms with E-state index in [1.807, 2.05) is 40.8 Å². The van der Waals surface area contributed by atoms with Crippen LogP contribution in [0.2, 0.25) is 0 Å². The van der Waals surface area contributed by atoms with Crippen LogP contribution in [0.4, 0.5) is 9.18 Å². The molecule has 0 aliphatic carbocycles. The van der Waals surface area contributed by atoms with Crippen molar-refractivity contribution in [1.82, 2.24) is 5.32 Å². The predicted molar refractivity (Wildman–Crippen MR) is 93.9 cm³/mol. The monoisotopic (exact) mass is 443 g/mol. The molecule has 24 heavy (non-hydrogen) atoms. The van der Waals surface area contributed by atoms with Crippen LogP contribution >= 0.6 is 22.6 Å². The summed E-state index contributed by atoms with van der Waals surface area (Å²) in [5.41, 5.74) is 0.906. The number of carboxylic acid groups (broad SMARTS) is 1. The number of carboxylic acids is 1. The Morgan fingerprint density at radius 1 is 1.21 bits per heavy atom. The molecule has 1 unspecified atom stereocenters. The summed E-state index contributed by atoms with van der Waals surface area (Å²) in [4.78, 5) is 23.0. The van der Waals surface area contributed by atoms with E-state index >= 15 is 0 Å². The van der Waals surface area contributed by atoms with Gasteiger partial charge in [0, 0.05) is 9.13 Å². The smallest absolute Gasteiger partial charge is 0.407 e. The van der Waals surface area contributed by atoms with Crippen LogP contribution in [-0.2, 0) is 16.1 Å². The first-order valence-corrected chi connectivity index (χ1v) is 8.17. The van der Waals surface area contributed by atoms with E-state index in [1.165, 1.54) is 12.1 Å². The summed E-state index contributed by atoms with van der Waals surface area (Å²) >= 11 is 1.99.